The molecule has 3 aromatic rings. The Morgan fingerprint density at radius 3 is 2.67 bits per heavy atom. The third-order valence-electron chi connectivity index (χ3n) is 3.27. The molecule has 0 saturated heterocycles. The minimum absolute atomic E-state index is 0.0984. The van der Waals surface area contributed by atoms with Crippen molar-refractivity contribution in [2.24, 2.45) is 0 Å². The second-order valence-electron chi connectivity index (χ2n) is 4.68. The van der Waals surface area contributed by atoms with Gasteiger partial charge in [0.1, 0.15) is 17.5 Å². The van der Waals surface area contributed by atoms with E-state index >= 15 is 0 Å². The van der Waals surface area contributed by atoms with Gasteiger partial charge in [-0.3, -0.25) is 4.57 Å². The Labute approximate surface area is 133 Å². The Morgan fingerprint density at radius 2 is 1.95 bits per heavy atom. The Bertz CT molecular complexity index is 845. The molecule has 0 unspecified atom stereocenters. The average Bonchev–Trinajstić information content (AvgIpc) is 2.80. The molecule has 0 atom stereocenters. The second kappa shape index (κ2) is 5.39. The molecule has 0 saturated carbocycles. The van der Waals surface area contributed by atoms with Crippen molar-refractivity contribution in [3.05, 3.63) is 57.8 Å². The van der Waals surface area contributed by atoms with E-state index in [1.165, 1.54) is 19.1 Å². The number of aryl methyl sites for hydroxylation is 1. The maximum absolute atomic E-state index is 14.2. The van der Waals surface area contributed by atoms with Crippen LogP contribution in [-0.2, 0) is 5.88 Å². The van der Waals surface area contributed by atoms with Crippen molar-refractivity contribution in [3.8, 4) is 5.69 Å². The monoisotopic (exact) mass is 370 g/mol. The highest BCUT2D eigenvalue weighted by Gasteiger charge is 2.16. The lowest BCUT2D eigenvalue weighted by Crippen LogP contribution is -2.03. The quantitative estimate of drug-likeness (QED) is 0.572. The van der Waals surface area contributed by atoms with Gasteiger partial charge in [-0.15, -0.1) is 11.6 Å². The van der Waals surface area contributed by atoms with Gasteiger partial charge in [0, 0.05) is 10.5 Å². The average molecular weight is 372 g/mol. The first-order valence-electron chi connectivity index (χ1n) is 6.20. The van der Waals surface area contributed by atoms with Gasteiger partial charge in [0.15, 0.2) is 0 Å². The standard InChI is InChI=1S/C15H10BrClF2N2/c1-8-4-11(19)14(6-10(8)18)21-13-3-2-9(16)5-12(13)20-15(21)7-17/h2-6H,7H2,1H3. The summed E-state index contributed by atoms with van der Waals surface area (Å²) >= 11 is 9.27. The topological polar surface area (TPSA) is 17.8 Å². The number of rotatable bonds is 2. The van der Waals surface area contributed by atoms with Crippen LogP contribution in [0.1, 0.15) is 11.4 Å². The van der Waals surface area contributed by atoms with Gasteiger partial charge >= 0.3 is 0 Å². The number of hydrogen-bond acceptors (Lipinski definition) is 1. The van der Waals surface area contributed by atoms with Gasteiger partial charge in [0.05, 0.1) is 22.6 Å². The zero-order valence-corrected chi connectivity index (χ0v) is 13.3. The summed E-state index contributed by atoms with van der Waals surface area (Å²) in [5.74, 6) is -0.415. The maximum atomic E-state index is 14.2. The van der Waals surface area contributed by atoms with Gasteiger partial charge in [0.2, 0.25) is 0 Å². The highest BCUT2D eigenvalue weighted by atomic mass is 79.9. The van der Waals surface area contributed by atoms with Crippen LogP contribution in [-0.4, -0.2) is 9.55 Å². The van der Waals surface area contributed by atoms with Crippen molar-refractivity contribution in [1.82, 2.24) is 9.55 Å². The molecule has 3 rings (SSSR count). The van der Waals surface area contributed by atoms with E-state index in [-0.39, 0.29) is 17.1 Å². The van der Waals surface area contributed by atoms with Crippen LogP contribution in [0, 0.1) is 18.6 Å². The second-order valence-corrected chi connectivity index (χ2v) is 5.87. The van der Waals surface area contributed by atoms with Crippen LogP contribution in [0.25, 0.3) is 16.7 Å². The van der Waals surface area contributed by atoms with Gasteiger partial charge in [-0.05, 0) is 36.8 Å². The molecule has 0 spiro atoms. The summed E-state index contributed by atoms with van der Waals surface area (Å²) in [6.45, 7) is 1.52. The minimum Gasteiger partial charge on any atom is -0.292 e. The SMILES string of the molecule is Cc1cc(F)c(-n2c(CCl)nc3cc(Br)ccc32)cc1F. The summed E-state index contributed by atoms with van der Waals surface area (Å²) in [7, 11) is 0. The molecule has 6 heteroatoms. The van der Waals surface area contributed by atoms with Crippen LogP contribution >= 0.6 is 27.5 Å². The molecule has 0 radical (unpaired) electrons. The van der Waals surface area contributed by atoms with Gasteiger partial charge in [-0.1, -0.05) is 15.9 Å². The minimum atomic E-state index is -0.512. The maximum Gasteiger partial charge on any atom is 0.147 e. The largest absolute Gasteiger partial charge is 0.292 e. The smallest absolute Gasteiger partial charge is 0.147 e. The lowest BCUT2D eigenvalue weighted by Gasteiger charge is -2.10. The van der Waals surface area contributed by atoms with Crippen LogP contribution < -0.4 is 0 Å². The molecule has 2 aromatic carbocycles. The van der Waals surface area contributed by atoms with E-state index in [0.717, 1.165) is 4.47 Å². The number of alkyl halides is 1. The van der Waals surface area contributed by atoms with Crippen molar-refractivity contribution in [1.29, 1.82) is 0 Å². The fraction of sp³-hybridized carbons (Fsp3) is 0.133. The molecule has 1 heterocycles. The first-order chi connectivity index (χ1) is 10.0. The van der Waals surface area contributed by atoms with E-state index in [0.29, 0.717) is 16.9 Å². The molecule has 21 heavy (non-hydrogen) atoms. The van der Waals surface area contributed by atoms with Crippen LogP contribution in [0.2, 0.25) is 0 Å². The molecule has 0 aliphatic rings. The Hall–Kier alpha value is -1.46. The van der Waals surface area contributed by atoms with Crippen molar-refractivity contribution in [2.45, 2.75) is 12.8 Å². The number of aromatic nitrogens is 2. The van der Waals surface area contributed by atoms with Gasteiger partial charge in [-0.25, -0.2) is 13.8 Å². The van der Waals surface area contributed by atoms with E-state index in [9.17, 15) is 8.78 Å². The van der Waals surface area contributed by atoms with E-state index in [2.05, 4.69) is 20.9 Å². The van der Waals surface area contributed by atoms with E-state index < -0.39 is 11.6 Å². The van der Waals surface area contributed by atoms with E-state index in [1.54, 1.807) is 10.6 Å². The molecule has 0 amide bonds. The normalized spacial score (nSPS) is 11.3. The number of hydrogen-bond donors (Lipinski definition) is 0. The summed E-state index contributed by atoms with van der Waals surface area (Å²) < 4.78 is 30.5. The van der Waals surface area contributed by atoms with Crippen molar-refractivity contribution in [3.63, 3.8) is 0 Å². The highest BCUT2D eigenvalue weighted by Crippen LogP contribution is 2.27. The predicted molar refractivity (Wildman–Crippen MR) is 83.0 cm³/mol. The van der Waals surface area contributed by atoms with E-state index in [1.807, 2.05) is 12.1 Å². The number of fused-ring (bicyclic) bond motifs is 1. The van der Waals surface area contributed by atoms with Crippen LogP contribution in [0.3, 0.4) is 0 Å². The zero-order chi connectivity index (χ0) is 15.1. The van der Waals surface area contributed by atoms with Crippen LogP contribution in [0.15, 0.2) is 34.8 Å². The summed E-state index contributed by atoms with van der Waals surface area (Å²) in [5.41, 5.74) is 1.71. The molecule has 1 aromatic heterocycles. The summed E-state index contributed by atoms with van der Waals surface area (Å²) in [6, 6.07) is 7.77. The molecule has 0 N–H and O–H groups in total. The van der Waals surface area contributed by atoms with Crippen molar-refractivity contribution in [2.75, 3.05) is 0 Å². The summed E-state index contributed by atoms with van der Waals surface area (Å²) in [5, 5.41) is 0. The number of imidazole rings is 1. The van der Waals surface area contributed by atoms with Crippen molar-refractivity contribution < 1.29 is 8.78 Å². The first-order valence-corrected chi connectivity index (χ1v) is 7.53. The number of benzene rings is 2. The third kappa shape index (κ3) is 2.45. The molecular formula is C15H10BrClF2N2. The molecule has 2 nitrogen and oxygen atoms in total. The molecule has 108 valence electrons. The van der Waals surface area contributed by atoms with Crippen molar-refractivity contribution >= 4 is 38.6 Å². The zero-order valence-electron chi connectivity index (χ0n) is 11.0. The molecule has 0 aliphatic carbocycles. The molecule has 0 aliphatic heterocycles. The Balaban J connectivity index is 2.36. The summed E-state index contributed by atoms with van der Waals surface area (Å²) in [6.07, 6.45) is 0. The lowest BCUT2D eigenvalue weighted by atomic mass is 10.2. The van der Waals surface area contributed by atoms with Gasteiger partial charge in [-0.2, -0.15) is 0 Å². The fourth-order valence-corrected chi connectivity index (χ4v) is 2.80. The van der Waals surface area contributed by atoms with Gasteiger partial charge in [0.25, 0.3) is 0 Å². The predicted octanol–water partition coefficient (Wildman–Crippen LogP) is 5.11. The number of halogens is 4. The number of nitrogens with zero attached hydrogens (tertiary/aromatic N) is 2. The van der Waals surface area contributed by atoms with Crippen LogP contribution in [0.5, 0.6) is 0 Å². The Kier molecular flexibility index (Phi) is 3.71. The molecule has 0 bridgehead atoms. The molecular weight excluding hydrogens is 362 g/mol. The van der Waals surface area contributed by atoms with Crippen LogP contribution in [0.4, 0.5) is 8.78 Å². The van der Waals surface area contributed by atoms with E-state index in [4.69, 9.17) is 11.6 Å². The summed E-state index contributed by atoms with van der Waals surface area (Å²) in [4.78, 5) is 4.37. The molecule has 0 fully saturated rings. The first kappa shape index (κ1) is 14.5. The third-order valence-corrected chi connectivity index (χ3v) is 4.01. The highest BCUT2D eigenvalue weighted by molar-refractivity contribution is 9.10. The van der Waals surface area contributed by atoms with Gasteiger partial charge < -0.3 is 0 Å². The lowest BCUT2D eigenvalue weighted by molar-refractivity contribution is 0.585. The fourth-order valence-electron chi connectivity index (χ4n) is 2.27. The Morgan fingerprint density at radius 1 is 1.19 bits per heavy atom.